The number of carbonyl (C=O) groups excluding carboxylic acids is 1. The Morgan fingerprint density at radius 1 is 0.970 bits per heavy atom. The normalized spacial score (nSPS) is 10.9. The lowest BCUT2D eigenvalue weighted by molar-refractivity contribution is -0.116. The van der Waals surface area contributed by atoms with Gasteiger partial charge in [-0.1, -0.05) is 0 Å². The molecule has 0 aliphatic heterocycles. The number of amides is 1. The summed E-state index contributed by atoms with van der Waals surface area (Å²) in [5.74, 6) is 1.91. The van der Waals surface area contributed by atoms with Gasteiger partial charge in [-0.3, -0.25) is 14.2 Å². The molecule has 0 radical (unpaired) electrons. The lowest BCUT2D eigenvalue weighted by atomic mass is 10.2. The molecule has 10 heteroatoms. The standard InChI is InChI=1S/C23H24N4O6/c1-30-16-6-5-13(9-17(16)31-2)25-20(28)7-8-27-12-24-21-14-10-18(32-3)19(33-4)11-15(14)26-22(21)23(27)29/h5-6,9-12,26H,7-8H2,1-4H3,(H,25,28). The summed E-state index contributed by atoms with van der Waals surface area (Å²) >= 11 is 0. The number of hydrogen-bond donors (Lipinski definition) is 2. The Balaban J connectivity index is 1.54. The molecular formula is C23H24N4O6. The van der Waals surface area contributed by atoms with Gasteiger partial charge in [0.15, 0.2) is 23.0 Å². The second-order valence-corrected chi connectivity index (χ2v) is 7.21. The fourth-order valence-corrected chi connectivity index (χ4v) is 3.64. The summed E-state index contributed by atoms with van der Waals surface area (Å²) in [6, 6.07) is 8.63. The summed E-state index contributed by atoms with van der Waals surface area (Å²) in [7, 11) is 6.16. The van der Waals surface area contributed by atoms with Gasteiger partial charge in [-0.2, -0.15) is 0 Å². The molecule has 1 amide bonds. The molecule has 2 aromatic carbocycles. The molecule has 4 aromatic rings. The van der Waals surface area contributed by atoms with E-state index in [9.17, 15) is 9.59 Å². The number of methoxy groups -OCH3 is 4. The summed E-state index contributed by atoms with van der Waals surface area (Å²) < 4.78 is 22.5. The molecule has 0 aliphatic carbocycles. The second kappa shape index (κ2) is 9.11. The van der Waals surface area contributed by atoms with Gasteiger partial charge >= 0.3 is 0 Å². The quantitative estimate of drug-likeness (QED) is 0.422. The molecule has 0 saturated heterocycles. The Kier molecular flexibility index (Phi) is 6.07. The molecule has 0 saturated carbocycles. The van der Waals surface area contributed by atoms with Crippen LogP contribution in [-0.2, 0) is 11.3 Å². The van der Waals surface area contributed by atoms with Crippen LogP contribution in [0.15, 0.2) is 41.5 Å². The van der Waals surface area contributed by atoms with Gasteiger partial charge < -0.3 is 29.2 Å². The largest absolute Gasteiger partial charge is 0.493 e. The minimum absolute atomic E-state index is 0.0866. The SMILES string of the molecule is COc1ccc(NC(=O)CCn2cnc3c([nH]c4cc(OC)c(OC)cc43)c2=O)cc1OC. The van der Waals surface area contributed by atoms with Crippen LogP contribution in [0.3, 0.4) is 0 Å². The maximum atomic E-state index is 13.0. The predicted molar refractivity (Wildman–Crippen MR) is 124 cm³/mol. The summed E-state index contributed by atoms with van der Waals surface area (Å²) in [4.78, 5) is 33.0. The smallest absolute Gasteiger partial charge is 0.277 e. The molecule has 10 nitrogen and oxygen atoms in total. The van der Waals surface area contributed by atoms with Crippen LogP contribution in [0.25, 0.3) is 21.9 Å². The highest BCUT2D eigenvalue weighted by molar-refractivity contribution is 6.05. The van der Waals surface area contributed by atoms with Gasteiger partial charge in [0.1, 0.15) is 11.0 Å². The monoisotopic (exact) mass is 452 g/mol. The number of aromatic nitrogens is 3. The van der Waals surface area contributed by atoms with Crippen molar-refractivity contribution in [2.45, 2.75) is 13.0 Å². The van der Waals surface area contributed by atoms with Crippen molar-refractivity contribution in [3.05, 3.63) is 47.0 Å². The minimum atomic E-state index is -0.270. The number of aromatic amines is 1. The summed E-state index contributed by atoms with van der Waals surface area (Å²) in [6.07, 6.45) is 1.53. The lowest BCUT2D eigenvalue weighted by Crippen LogP contribution is -2.23. The van der Waals surface area contributed by atoms with Crippen LogP contribution < -0.4 is 29.8 Å². The molecule has 0 unspecified atom stereocenters. The van der Waals surface area contributed by atoms with Crippen molar-refractivity contribution in [2.24, 2.45) is 0 Å². The topological polar surface area (TPSA) is 117 Å². The van der Waals surface area contributed by atoms with Gasteiger partial charge in [0.05, 0.1) is 40.3 Å². The predicted octanol–water partition coefficient (Wildman–Crippen LogP) is 2.94. The van der Waals surface area contributed by atoms with Gasteiger partial charge in [-0.25, -0.2) is 4.98 Å². The molecular weight excluding hydrogens is 428 g/mol. The number of hydrogen-bond acceptors (Lipinski definition) is 7. The number of nitrogens with one attached hydrogen (secondary N) is 2. The first-order valence-electron chi connectivity index (χ1n) is 10.1. The first kappa shape index (κ1) is 22.0. The average molecular weight is 452 g/mol. The highest BCUT2D eigenvalue weighted by Crippen LogP contribution is 2.34. The maximum absolute atomic E-state index is 13.0. The van der Waals surface area contributed by atoms with Crippen molar-refractivity contribution in [3.63, 3.8) is 0 Å². The number of fused-ring (bicyclic) bond motifs is 3. The third-order valence-electron chi connectivity index (χ3n) is 5.32. The number of aryl methyl sites for hydroxylation is 1. The van der Waals surface area contributed by atoms with Crippen LogP contribution in [0.4, 0.5) is 5.69 Å². The molecule has 172 valence electrons. The Morgan fingerprint density at radius 3 is 2.33 bits per heavy atom. The highest BCUT2D eigenvalue weighted by atomic mass is 16.5. The van der Waals surface area contributed by atoms with Crippen molar-refractivity contribution in [2.75, 3.05) is 33.8 Å². The average Bonchev–Trinajstić information content (AvgIpc) is 3.20. The molecule has 0 atom stereocenters. The molecule has 4 rings (SSSR count). The second-order valence-electron chi connectivity index (χ2n) is 7.21. The minimum Gasteiger partial charge on any atom is -0.493 e. The number of carbonyl (C=O) groups is 1. The van der Waals surface area contributed by atoms with Gasteiger partial charge in [0.25, 0.3) is 5.56 Å². The van der Waals surface area contributed by atoms with Crippen LogP contribution in [0, 0.1) is 0 Å². The highest BCUT2D eigenvalue weighted by Gasteiger charge is 2.15. The number of anilines is 1. The van der Waals surface area contributed by atoms with E-state index in [-0.39, 0.29) is 24.4 Å². The van der Waals surface area contributed by atoms with Gasteiger partial charge in [0.2, 0.25) is 5.91 Å². The zero-order valence-corrected chi connectivity index (χ0v) is 18.7. The summed E-state index contributed by atoms with van der Waals surface area (Å²) in [5.41, 5.74) is 1.88. The molecule has 0 aliphatic rings. The first-order chi connectivity index (χ1) is 16.0. The van der Waals surface area contributed by atoms with Crippen molar-refractivity contribution < 1.29 is 23.7 Å². The number of ether oxygens (including phenoxy) is 4. The molecule has 2 aromatic heterocycles. The Morgan fingerprint density at radius 2 is 1.64 bits per heavy atom. The molecule has 2 heterocycles. The van der Waals surface area contributed by atoms with E-state index >= 15 is 0 Å². The van der Waals surface area contributed by atoms with Crippen LogP contribution in [0.5, 0.6) is 23.0 Å². The summed E-state index contributed by atoms with van der Waals surface area (Å²) in [6.45, 7) is 0.170. The zero-order valence-electron chi connectivity index (χ0n) is 18.7. The van der Waals surface area contributed by atoms with Crippen LogP contribution in [0.2, 0.25) is 0 Å². The Bertz CT molecular complexity index is 1390. The third-order valence-corrected chi connectivity index (χ3v) is 5.32. The van der Waals surface area contributed by atoms with E-state index in [0.717, 1.165) is 5.39 Å². The fraction of sp³-hybridized carbons (Fsp3) is 0.261. The van der Waals surface area contributed by atoms with E-state index in [1.54, 1.807) is 51.7 Å². The van der Waals surface area contributed by atoms with Gasteiger partial charge in [-0.05, 0) is 18.2 Å². The van der Waals surface area contributed by atoms with Crippen molar-refractivity contribution >= 4 is 33.5 Å². The zero-order chi connectivity index (χ0) is 23.5. The van der Waals surface area contributed by atoms with Gasteiger partial charge in [-0.15, -0.1) is 0 Å². The lowest BCUT2D eigenvalue weighted by Gasteiger charge is -2.11. The third kappa shape index (κ3) is 4.14. The number of benzene rings is 2. The number of rotatable bonds is 8. The van der Waals surface area contributed by atoms with Crippen LogP contribution in [-0.4, -0.2) is 48.9 Å². The van der Waals surface area contributed by atoms with E-state index < -0.39 is 0 Å². The molecule has 0 spiro atoms. The van der Waals surface area contributed by atoms with E-state index in [1.165, 1.54) is 18.0 Å². The van der Waals surface area contributed by atoms with E-state index in [2.05, 4.69) is 15.3 Å². The van der Waals surface area contributed by atoms with Crippen molar-refractivity contribution in [1.82, 2.24) is 14.5 Å². The van der Waals surface area contributed by atoms with Crippen molar-refractivity contribution in [1.29, 1.82) is 0 Å². The van der Waals surface area contributed by atoms with E-state index in [1.807, 2.05) is 0 Å². The first-order valence-corrected chi connectivity index (χ1v) is 10.1. The molecule has 2 N–H and O–H groups in total. The Labute approximate surface area is 189 Å². The molecule has 33 heavy (non-hydrogen) atoms. The summed E-state index contributed by atoms with van der Waals surface area (Å²) in [5, 5.41) is 3.54. The maximum Gasteiger partial charge on any atom is 0.277 e. The fourth-order valence-electron chi connectivity index (χ4n) is 3.64. The van der Waals surface area contributed by atoms with E-state index in [4.69, 9.17) is 18.9 Å². The van der Waals surface area contributed by atoms with Crippen molar-refractivity contribution in [3.8, 4) is 23.0 Å². The van der Waals surface area contributed by atoms with Crippen LogP contribution >= 0.6 is 0 Å². The Hall–Kier alpha value is -4.21. The molecule has 0 fully saturated rings. The van der Waals surface area contributed by atoms with Gasteiger partial charge in [0, 0.05) is 36.2 Å². The number of H-pyrrole nitrogens is 1. The number of nitrogens with zero attached hydrogens (tertiary/aromatic N) is 2. The van der Waals surface area contributed by atoms with E-state index in [0.29, 0.717) is 45.2 Å². The molecule has 0 bridgehead atoms. The van der Waals surface area contributed by atoms with Crippen LogP contribution in [0.1, 0.15) is 6.42 Å².